The third-order valence-electron chi connectivity index (χ3n) is 5.11. The van der Waals surface area contributed by atoms with Crippen molar-refractivity contribution in [3.8, 4) is 12.3 Å². The number of carboxylic acid groups (broad SMARTS) is 1. The molecule has 3 atom stereocenters. The van der Waals surface area contributed by atoms with Gasteiger partial charge in [-0.25, -0.2) is 9.59 Å². The van der Waals surface area contributed by atoms with Crippen molar-refractivity contribution in [2.75, 3.05) is 0 Å². The Morgan fingerprint density at radius 3 is 2.60 bits per heavy atom. The van der Waals surface area contributed by atoms with E-state index in [-0.39, 0.29) is 12.0 Å². The third kappa shape index (κ3) is 4.33. The van der Waals surface area contributed by atoms with Crippen LogP contribution in [0.2, 0.25) is 0 Å². The predicted octanol–water partition coefficient (Wildman–Crippen LogP) is 2.77. The minimum absolute atomic E-state index is 0.104. The van der Waals surface area contributed by atoms with E-state index >= 15 is 0 Å². The zero-order valence-corrected chi connectivity index (χ0v) is 14.1. The number of hydrogen-bond donors (Lipinski definition) is 2. The Kier molecular flexibility index (Phi) is 5.28. The van der Waals surface area contributed by atoms with Crippen LogP contribution in [0.15, 0.2) is 24.3 Å². The second-order valence-corrected chi connectivity index (χ2v) is 6.93. The monoisotopic (exact) mass is 341 g/mol. The summed E-state index contributed by atoms with van der Waals surface area (Å²) in [6.45, 7) is 0. The van der Waals surface area contributed by atoms with Gasteiger partial charge in [0.2, 0.25) is 0 Å². The topological polar surface area (TPSA) is 75.6 Å². The van der Waals surface area contributed by atoms with Crippen molar-refractivity contribution in [1.29, 1.82) is 0 Å². The van der Waals surface area contributed by atoms with Gasteiger partial charge in [0, 0.05) is 6.42 Å². The fourth-order valence-electron chi connectivity index (χ4n) is 3.64. The van der Waals surface area contributed by atoms with Gasteiger partial charge in [-0.3, -0.25) is 0 Å². The lowest BCUT2D eigenvalue weighted by Crippen LogP contribution is -2.46. The molecule has 5 nitrogen and oxygen atoms in total. The third-order valence-corrected chi connectivity index (χ3v) is 5.11. The molecule has 2 N–H and O–H groups in total. The standard InChI is InChI=1S/C20H23NO4/c1-2-3-4-9-15-12-17(15)25-20(24)21-18(19(22)23)16-10-13-7-5-6-8-14(13)11-16/h1,5-8,15-18H,3-4,9-12H2,(H,21,24)(H,22,23)/t15-,17-,18+/m1/s1. The quantitative estimate of drug-likeness (QED) is 0.591. The first-order chi connectivity index (χ1) is 12.1. The van der Waals surface area contributed by atoms with E-state index in [1.165, 1.54) is 0 Å². The van der Waals surface area contributed by atoms with Gasteiger partial charge in [0.15, 0.2) is 0 Å². The Balaban J connectivity index is 1.49. The largest absolute Gasteiger partial charge is 0.480 e. The zero-order valence-electron chi connectivity index (χ0n) is 14.1. The highest BCUT2D eigenvalue weighted by Crippen LogP contribution is 2.38. The fourth-order valence-corrected chi connectivity index (χ4v) is 3.64. The molecular weight excluding hydrogens is 318 g/mol. The number of hydrogen-bond acceptors (Lipinski definition) is 3. The Labute approximate surface area is 147 Å². The maximum Gasteiger partial charge on any atom is 0.408 e. The fraction of sp³-hybridized carbons (Fsp3) is 0.500. The molecule has 2 aliphatic rings. The number of alkyl carbamates (subject to hydrolysis) is 1. The summed E-state index contributed by atoms with van der Waals surface area (Å²) < 4.78 is 5.36. The molecule has 5 heteroatoms. The minimum atomic E-state index is -1.02. The number of carbonyl (C=O) groups excluding carboxylic acids is 1. The first kappa shape index (κ1) is 17.3. The van der Waals surface area contributed by atoms with Crippen molar-refractivity contribution in [3.05, 3.63) is 35.4 Å². The van der Waals surface area contributed by atoms with Crippen LogP contribution in [-0.4, -0.2) is 29.3 Å². The van der Waals surface area contributed by atoms with Crippen LogP contribution in [0.4, 0.5) is 4.79 Å². The van der Waals surface area contributed by atoms with Crippen LogP contribution >= 0.6 is 0 Å². The van der Waals surface area contributed by atoms with E-state index < -0.39 is 18.1 Å². The lowest BCUT2D eigenvalue weighted by Gasteiger charge is -2.20. The van der Waals surface area contributed by atoms with Crippen LogP contribution in [0.5, 0.6) is 0 Å². The number of amides is 1. The Morgan fingerprint density at radius 2 is 2.00 bits per heavy atom. The smallest absolute Gasteiger partial charge is 0.408 e. The first-order valence-electron chi connectivity index (χ1n) is 8.78. The van der Waals surface area contributed by atoms with Crippen LogP contribution in [-0.2, 0) is 22.4 Å². The summed E-state index contributed by atoms with van der Waals surface area (Å²) in [6, 6.07) is 6.99. The minimum Gasteiger partial charge on any atom is -0.480 e. The van der Waals surface area contributed by atoms with Crippen LogP contribution in [0, 0.1) is 24.2 Å². The normalized spacial score (nSPS) is 22.5. The molecule has 1 aromatic carbocycles. The molecule has 0 saturated heterocycles. The molecule has 0 radical (unpaired) electrons. The molecule has 132 valence electrons. The van der Waals surface area contributed by atoms with Crippen LogP contribution in [0.25, 0.3) is 0 Å². The van der Waals surface area contributed by atoms with Crippen molar-refractivity contribution in [3.63, 3.8) is 0 Å². The summed E-state index contributed by atoms with van der Waals surface area (Å²) in [5, 5.41) is 12.1. The molecule has 1 amide bonds. The molecular formula is C20H23NO4. The van der Waals surface area contributed by atoms with Crippen LogP contribution in [0.1, 0.15) is 36.8 Å². The molecule has 25 heavy (non-hydrogen) atoms. The number of fused-ring (bicyclic) bond motifs is 1. The number of rotatable bonds is 7. The molecule has 0 heterocycles. The van der Waals surface area contributed by atoms with Crippen molar-refractivity contribution < 1.29 is 19.4 Å². The van der Waals surface area contributed by atoms with Gasteiger partial charge >= 0.3 is 12.1 Å². The van der Waals surface area contributed by atoms with E-state index in [4.69, 9.17) is 11.2 Å². The van der Waals surface area contributed by atoms with Gasteiger partial charge in [-0.15, -0.1) is 12.3 Å². The Bertz CT molecular complexity index is 668. The van der Waals surface area contributed by atoms with E-state index in [9.17, 15) is 14.7 Å². The van der Waals surface area contributed by atoms with Crippen LogP contribution < -0.4 is 5.32 Å². The maximum atomic E-state index is 12.1. The molecule has 0 aliphatic heterocycles. The first-order valence-corrected chi connectivity index (χ1v) is 8.78. The molecule has 3 rings (SSSR count). The maximum absolute atomic E-state index is 12.1. The molecule has 0 unspecified atom stereocenters. The van der Waals surface area contributed by atoms with Crippen molar-refractivity contribution in [2.24, 2.45) is 11.8 Å². The summed E-state index contributed by atoms with van der Waals surface area (Å²) in [6.07, 6.45) is 9.26. The second-order valence-electron chi connectivity index (χ2n) is 6.93. The van der Waals surface area contributed by atoms with Crippen molar-refractivity contribution in [1.82, 2.24) is 5.32 Å². The van der Waals surface area contributed by atoms with Gasteiger partial charge in [-0.2, -0.15) is 0 Å². The average molecular weight is 341 g/mol. The Hall–Kier alpha value is -2.48. The van der Waals surface area contributed by atoms with Gasteiger partial charge < -0.3 is 15.2 Å². The van der Waals surface area contributed by atoms with Crippen LogP contribution in [0.3, 0.4) is 0 Å². The van der Waals surface area contributed by atoms with Gasteiger partial charge in [0.05, 0.1) is 0 Å². The molecule has 0 bridgehead atoms. The molecule has 2 aliphatic carbocycles. The molecule has 1 aromatic rings. The van der Waals surface area contributed by atoms with E-state index in [0.717, 1.165) is 36.8 Å². The number of ether oxygens (including phenoxy) is 1. The number of carboxylic acids is 1. The molecule has 1 saturated carbocycles. The predicted molar refractivity (Wildman–Crippen MR) is 93.0 cm³/mol. The second kappa shape index (κ2) is 7.60. The van der Waals surface area contributed by atoms with Gasteiger partial charge in [0.1, 0.15) is 12.1 Å². The van der Waals surface area contributed by atoms with E-state index in [1.807, 2.05) is 24.3 Å². The summed E-state index contributed by atoms with van der Waals surface area (Å²) >= 11 is 0. The number of carbonyl (C=O) groups is 2. The molecule has 0 spiro atoms. The molecule has 0 aromatic heterocycles. The zero-order chi connectivity index (χ0) is 17.8. The lowest BCUT2D eigenvalue weighted by atomic mass is 9.97. The summed E-state index contributed by atoms with van der Waals surface area (Å²) in [5.41, 5.74) is 2.31. The highest BCUT2D eigenvalue weighted by molar-refractivity contribution is 5.80. The van der Waals surface area contributed by atoms with Crippen molar-refractivity contribution >= 4 is 12.1 Å². The number of aliphatic carboxylic acids is 1. The highest BCUT2D eigenvalue weighted by atomic mass is 16.6. The SMILES string of the molecule is C#CCCC[C@@H]1C[C@H]1OC(=O)N[C@H](C(=O)O)C1Cc2ccccc2C1. The number of nitrogens with one attached hydrogen (secondary N) is 1. The van der Waals surface area contributed by atoms with Crippen molar-refractivity contribution in [2.45, 2.75) is 50.7 Å². The van der Waals surface area contributed by atoms with E-state index in [0.29, 0.717) is 18.8 Å². The summed E-state index contributed by atoms with van der Waals surface area (Å²) in [5.74, 6) is 1.80. The van der Waals surface area contributed by atoms with Gasteiger partial charge in [-0.1, -0.05) is 24.3 Å². The van der Waals surface area contributed by atoms with E-state index in [2.05, 4.69) is 11.2 Å². The number of terminal acetylenes is 1. The lowest BCUT2D eigenvalue weighted by molar-refractivity contribution is -0.140. The average Bonchev–Trinajstić information content (AvgIpc) is 3.16. The van der Waals surface area contributed by atoms with Gasteiger partial charge in [-0.05, 0) is 55.1 Å². The summed E-state index contributed by atoms with van der Waals surface area (Å²) in [4.78, 5) is 23.7. The summed E-state index contributed by atoms with van der Waals surface area (Å²) in [7, 11) is 0. The highest BCUT2D eigenvalue weighted by Gasteiger charge is 2.41. The Morgan fingerprint density at radius 1 is 1.32 bits per heavy atom. The number of unbranched alkanes of at least 4 members (excludes halogenated alkanes) is 1. The van der Waals surface area contributed by atoms with Gasteiger partial charge in [0.25, 0.3) is 0 Å². The van der Waals surface area contributed by atoms with E-state index in [1.54, 1.807) is 0 Å². The number of benzene rings is 1. The molecule has 1 fully saturated rings.